The van der Waals surface area contributed by atoms with Crippen LogP contribution in [0.25, 0.3) is 11.3 Å². The molecule has 2 aromatic carbocycles. The summed E-state index contributed by atoms with van der Waals surface area (Å²) in [7, 11) is 0. The van der Waals surface area contributed by atoms with Crippen molar-refractivity contribution in [2.24, 2.45) is 0 Å². The Bertz CT molecular complexity index is 946. The van der Waals surface area contributed by atoms with Crippen LogP contribution in [0.5, 0.6) is 0 Å². The molecule has 0 unspecified atom stereocenters. The first-order valence-electron chi connectivity index (χ1n) is 8.26. The molecule has 138 valence electrons. The molecule has 0 spiro atoms. The van der Waals surface area contributed by atoms with Gasteiger partial charge in [-0.1, -0.05) is 48.2 Å². The number of nitrogens with one attached hydrogen (secondary N) is 1. The Balaban J connectivity index is 1.77. The van der Waals surface area contributed by atoms with Crippen LogP contribution in [-0.4, -0.2) is 21.1 Å². The van der Waals surface area contributed by atoms with Crippen molar-refractivity contribution < 1.29 is 13.6 Å². The quantitative estimate of drug-likeness (QED) is 0.504. The van der Waals surface area contributed by atoms with Crippen molar-refractivity contribution >= 4 is 23.4 Å². The Morgan fingerprint density at radius 3 is 2.37 bits per heavy atom. The molecule has 0 bridgehead atoms. The zero-order chi connectivity index (χ0) is 19.4. The number of thioether (sulfide) groups is 1. The number of carbonyl (C=O) groups excluding carboxylic acids is 1. The van der Waals surface area contributed by atoms with Crippen molar-refractivity contribution in [3.8, 4) is 11.3 Å². The molecule has 0 radical (unpaired) electrons. The van der Waals surface area contributed by atoms with E-state index in [1.54, 1.807) is 6.92 Å². The first-order valence-corrected chi connectivity index (χ1v) is 9.14. The van der Waals surface area contributed by atoms with E-state index in [2.05, 4.69) is 15.3 Å². The lowest BCUT2D eigenvalue weighted by Crippen LogP contribution is -2.24. The molecular formula is C20H17F2N3OS. The minimum absolute atomic E-state index is 0.422. The van der Waals surface area contributed by atoms with Gasteiger partial charge in [0.25, 0.3) is 0 Å². The maximum Gasteiger partial charge on any atom is 0.237 e. The summed E-state index contributed by atoms with van der Waals surface area (Å²) in [6, 6.07) is 14.9. The van der Waals surface area contributed by atoms with Crippen molar-refractivity contribution in [3.63, 3.8) is 0 Å². The number of halogens is 2. The molecule has 4 nitrogen and oxygen atoms in total. The smallest absolute Gasteiger partial charge is 0.237 e. The fourth-order valence-electron chi connectivity index (χ4n) is 2.40. The van der Waals surface area contributed by atoms with Crippen LogP contribution in [-0.2, 0) is 4.79 Å². The van der Waals surface area contributed by atoms with Crippen LogP contribution >= 0.6 is 11.8 Å². The molecule has 1 atom stereocenters. The molecule has 0 saturated heterocycles. The number of para-hydroxylation sites is 1. The van der Waals surface area contributed by atoms with E-state index in [4.69, 9.17) is 0 Å². The third kappa shape index (κ3) is 4.68. The van der Waals surface area contributed by atoms with Crippen LogP contribution < -0.4 is 5.32 Å². The zero-order valence-electron chi connectivity index (χ0n) is 14.7. The summed E-state index contributed by atoms with van der Waals surface area (Å²) in [5.41, 5.74) is 2.00. The van der Waals surface area contributed by atoms with Crippen LogP contribution in [0, 0.1) is 18.6 Å². The molecule has 1 N–H and O–H groups in total. The number of anilines is 1. The van der Waals surface area contributed by atoms with Crippen LogP contribution in [0.1, 0.15) is 12.6 Å². The Morgan fingerprint density at radius 1 is 1.04 bits per heavy atom. The van der Waals surface area contributed by atoms with Gasteiger partial charge >= 0.3 is 0 Å². The van der Waals surface area contributed by atoms with E-state index in [0.717, 1.165) is 40.8 Å². The highest BCUT2D eigenvalue weighted by Gasteiger charge is 2.20. The maximum atomic E-state index is 13.7. The van der Waals surface area contributed by atoms with Gasteiger partial charge in [-0.3, -0.25) is 4.79 Å². The van der Waals surface area contributed by atoms with Gasteiger partial charge in [0.1, 0.15) is 17.3 Å². The van der Waals surface area contributed by atoms with Gasteiger partial charge in [-0.15, -0.1) is 0 Å². The number of benzene rings is 2. The van der Waals surface area contributed by atoms with Crippen LogP contribution in [0.4, 0.5) is 14.5 Å². The van der Waals surface area contributed by atoms with Crippen molar-refractivity contribution in [1.29, 1.82) is 0 Å². The molecule has 27 heavy (non-hydrogen) atoms. The maximum absolute atomic E-state index is 13.7. The summed E-state index contributed by atoms with van der Waals surface area (Å²) in [5.74, 6) is -2.17. The minimum Gasteiger partial charge on any atom is -0.320 e. The van der Waals surface area contributed by atoms with E-state index < -0.39 is 28.5 Å². The average Bonchev–Trinajstić information content (AvgIpc) is 2.65. The molecule has 0 fully saturated rings. The van der Waals surface area contributed by atoms with Gasteiger partial charge in [0, 0.05) is 11.3 Å². The number of hydrogen-bond acceptors (Lipinski definition) is 4. The number of amides is 1. The van der Waals surface area contributed by atoms with Gasteiger partial charge in [0.15, 0.2) is 5.16 Å². The molecule has 3 aromatic rings. The normalized spacial score (nSPS) is 11.9. The predicted octanol–water partition coefficient (Wildman–Crippen LogP) is 4.85. The zero-order valence-corrected chi connectivity index (χ0v) is 15.6. The summed E-state index contributed by atoms with van der Waals surface area (Å²) in [4.78, 5) is 21.2. The first-order chi connectivity index (χ1) is 12.9. The van der Waals surface area contributed by atoms with E-state index in [1.807, 2.05) is 43.3 Å². The molecular weight excluding hydrogens is 368 g/mol. The number of aryl methyl sites for hydroxylation is 1. The van der Waals surface area contributed by atoms with E-state index in [-0.39, 0.29) is 0 Å². The molecule has 0 aliphatic rings. The average molecular weight is 385 g/mol. The van der Waals surface area contributed by atoms with Gasteiger partial charge in [-0.2, -0.15) is 0 Å². The van der Waals surface area contributed by atoms with E-state index in [1.165, 1.54) is 6.07 Å². The summed E-state index contributed by atoms with van der Waals surface area (Å²) in [6.07, 6.45) is 0. The Kier molecular flexibility index (Phi) is 5.81. The molecule has 1 aromatic heterocycles. The molecule has 0 aliphatic carbocycles. The largest absolute Gasteiger partial charge is 0.320 e. The predicted molar refractivity (Wildman–Crippen MR) is 103 cm³/mol. The van der Waals surface area contributed by atoms with Gasteiger partial charge in [-0.25, -0.2) is 18.7 Å². The van der Waals surface area contributed by atoms with Gasteiger partial charge in [-0.05, 0) is 32.0 Å². The summed E-state index contributed by atoms with van der Waals surface area (Å²) in [5, 5.41) is 2.07. The first kappa shape index (κ1) is 19.0. The molecule has 0 saturated carbocycles. The molecule has 0 aliphatic heterocycles. The van der Waals surface area contributed by atoms with E-state index >= 15 is 0 Å². The van der Waals surface area contributed by atoms with Gasteiger partial charge in [0.05, 0.1) is 10.9 Å². The lowest BCUT2D eigenvalue weighted by Gasteiger charge is -2.13. The van der Waals surface area contributed by atoms with Crippen LogP contribution in [0.2, 0.25) is 0 Å². The lowest BCUT2D eigenvalue weighted by atomic mass is 10.1. The number of nitrogens with zero attached hydrogens (tertiary/aromatic N) is 2. The fraction of sp³-hybridized carbons (Fsp3) is 0.150. The number of aromatic nitrogens is 2. The second-order valence-corrected chi connectivity index (χ2v) is 7.20. The fourth-order valence-corrected chi connectivity index (χ4v) is 3.23. The lowest BCUT2D eigenvalue weighted by molar-refractivity contribution is -0.115. The molecule has 7 heteroatoms. The topological polar surface area (TPSA) is 54.9 Å². The van der Waals surface area contributed by atoms with Crippen molar-refractivity contribution in [2.75, 3.05) is 5.32 Å². The molecule has 3 rings (SSSR count). The monoisotopic (exact) mass is 385 g/mol. The third-order valence-electron chi connectivity index (χ3n) is 3.77. The standard InChI is InChI=1S/C20H17F2N3OS/c1-12-11-17(14-7-4-3-5-8-14)24-20(23-12)27-13(2)19(26)25-18-15(21)9-6-10-16(18)22/h3-11,13H,1-2H3,(H,25,26)/t13-/m0/s1. The van der Waals surface area contributed by atoms with Crippen molar-refractivity contribution in [1.82, 2.24) is 9.97 Å². The third-order valence-corrected chi connectivity index (χ3v) is 4.73. The minimum atomic E-state index is -0.821. The Morgan fingerprint density at radius 2 is 1.70 bits per heavy atom. The van der Waals surface area contributed by atoms with Crippen LogP contribution in [0.3, 0.4) is 0 Å². The SMILES string of the molecule is Cc1cc(-c2ccccc2)nc(S[C@@H](C)C(=O)Nc2c(F)cccc2F)n1. The highest BCUT2D eigenvalue weighted by atomic mass is 32.2. The summed E-state index contributed by atoms with van der Waals surface area (Å²) >= 11 is 1.13. The number of rotatable bonds is 5. The van der Waals surface area contributed by atoms with Crippen molar-refractivity contribution in [2.45, 2.75) is 24.3 Å². The highest BCUT2D eigenvalue weighted by Crippen LogP contribution is 2.26. The van der Waals surface area contributed by atoms with E-state index in [0.29, 0.717) is 5.16 Å². The van der Waals surface area contributed by atoms with Crippen LogP contribution in [0.15, 0.2) is 59.8 Å². The van der Waals surface area contributed by atoms with Gasteiger partial charge < -0.3 is 5.32 Å². The number of hydrogen-bond donors (Lipinski definition) is 1. The second kappa shape index (κ2) is 8.26. The second-order valence-electron chi connectivity index (χ2n) is 5.89. The van der Waals surface area contributed by atoms with Crippen molar-refractivity contribution in [3.05, 3.63) is 71.9 Å². The molecule has 1 heterocycles. The number of carbonyl (C=O) groups is 1. The highest BCUT2D eigenvalue weighted by molar-refractivity contribution is 8.00. The summed E-state index contributed by atoms with van der Waals surface area (Å²) < 4.78 is 27.4. The summed E-state index contributed by atoms with van der Waals surface area (Å²) in [6.45, 7) is 3.48. The Hall–Kier alpha value is -2.80. The van der Waals surface area contributed by atoms with Gasteiger partial charge in [0.2, 0.25) is 5.91 Å². The molecule has 1 amide bonds. The van der Waals surface area contributed by atoms with E-state index in [9.17, 15) is 13.6 Å². The Labute approximate surface area is 160 Å².